The lowest BCUT2D eigenvalue weighted by Gasteiger charge is -2.06. The van der Waals surface area contributed by atoms with Gasteiger partial charge < -0.3 is 9.84 Å². The van der Waals surface area contributed by atoms with Gasteiger partial charge in [0.15, 0.2) is 0 Å². The number of allylic oxidation sites excluding steroid dienone is 2. The molecule has 0 aromatic carbocycles. The maximum atomic E-state index is 8.90. The van der Waals surface area contributed by atoms with Gasteiger partial charge >= 0.3 is 0 Å². The third-order valence-corrected chi connectivity index (χ3v) is 0.930. The highest BCUT2D eigenvalue weighted by molar-refractivity contribution is 5.07. The van der Waals surface area contributed by atoms with Crippen molar-refractivity contribution < 1.29 is 9.84 Å². The van der Waals surface area contributed by atoms with Gasteiger partial charge in [-0.15, -0.1) is 0 Å². The van der Waals surface area contributed by atoms with E-state index in [0.29, 0.717) is 5.76 Å². The lowest BCUT2D eigenvalue weighted by Crippen LogP contribution is -2.05. The van der Waals surface area contributed by atoms with Crippen LogP contribution < -0.4 is 0 Å². The van der Waals surface area contributed by atoms with Crippen LogP contribution in [0.5, 0.6) is 0 Å². The molecule has 0 saturated heterocycles. The Labute approximate surface area is 55.5 Å². The summed E-state index contributed by atoms with van der Waals surface area (Å²) in [7, 11) is 1.52. The summed E-state index contributed by atoms with van der Waals surface area (Å²) in [6, 6.07) is 0. The first-order valence-corrected chi connectivity index (χ1v) is 2.77. The summed E-state index contributed by atoms with van der Waals surface area (Å²) in [6.45, 7) is 5.10. The standard InChI is InChI=1S/C7H12O2/c1-4-5-7(9-3)6(2)8/h4-6,8H,1H2,2-3H3/b7-5+. The van der Waals surface area contributed by atoms with Crippen molar-refractivity contribution in [3.8, 4) is 0 Å². The number of methoxy groups -OCH3 is 1. The van der Waals surface area contributed by atoms with Crippen molar-refractivity contribution in [1.29, 1.82) is 0 Å². The van der Waals surface area contributed by atoms with Crippen molar-refractivity contribution in [2.75, 3.05) is 7.11 Å². The molecule has 0 bridgehead atoms. The van der Waals surface area contributed by atoms with E-state index >= 15 is 0 Å². The zero-order valence-electron chi connectivity index (χ0n) is 5.79. The molecule has 2 nitrogen and oxygen atoms in total. The van der Waals surface area contributed by atoms with E-state index in [1.54, 1.807) is 19.1 Å². The van der Waals surface area contributed by atoms with Crippen molar-refractivity contribution in [1.82, 2.24) is 0 Å². The molecule has 1 unspecified atom stereocenters. The average molecular weight is 128 g/mol. The SMILES string of the molecule is C=C/C=C(/OC)C(C)O. The number of hydrogen-bond acceptors (Lipinski definition) is 2. The minimum absolute atomic E-state index is 0.532. The Morgan fingerprint density at radius 3 is 2.44 bits per heavy atom. The molecular weight excluding hydrogens is 116 g/mol. The lowest BCUT2D eigenvalue weighted by molar-refractivity contribution is 0.142. The van der Waals surface area contributed by atoms with E-state index in [2.05, 4.69) is 6.58 Å². The van der Waals surface area contributed by atoms with Gasteiger partial charge in [0.2, 0.25) is 0 Å². The topological polar surface area (TPSA) is 29.5 Å². The first-order chi connectivity index (χ1) is 4.22. The molecule has 0 saturated carbocycles. The van der Waals surface area contributed by atoms with E-state index in [1.165, 1.54) is 7.11 Å². The highest BCUT2D eigenvalue weighted by Gasteiger charge is 2.00. The molecule has 0 spiro atoms. The van der Waals surface area contributed by atoms with Gasteiger partial charge in [-0.3, -0.25) is 0 Å². The van der Waals surface area contributed by atoms with Crippen LogP contribution in [0.1, 0.15) is 6.92 Å². The van der Waals surface area contributed by atoms with Gasteiger partial charge in [0, 0.05) is 0 Å². The molecule has 0 heterocycles. The molecule has 52 valence electrons. The van der Waals surface area contributed by atoms with E-state index in [0.717, 1.165) is 0 Å². The monoisotopic (exact) mass is 128 g/mol. The molecule has 0 fully saturated rings. The van der Waals surface area contributed by atoms with Crippen molar-refractivity contribution >= 4 is 0 Å². The smallest absolute Gasteiger partial charge is 0.124 e. The van der Waals surface area contributed by atoms with Crippen LogP contribution in [-0.2, 0) is 4.74 Å². The minimum atomic E-state index is -0.548. The molecule has 0 aromatic heterocycles. The minimum Gasteiger partial charge on any atom is -0.498 e. The van der Waals surface area contributed by atoms with E-state index < -0.39 is 6.10 Å². The Balaban J connectivity index is 3.96. The fraction of sp³-hybridized carbons (Fsp3) is 0.429. The number of aliphatic hydroxyl groups is 1. The molecule has 0 aliphatic heterocycles. The second-order valence-electron chi connectivity index (χ2n) is 1.68. The maximum Gasteiger partial charge on any atom is 0.124 e. The van der Waals surface area contributed by atoms with Crippen molar-refractivity contribution in [3.63, 3.8) is 0 Å². The first-order valence-electron chi connectivity index (χ1n) is 2.77. The Hall–Kier alpha value is -0.760. The Morgan fingerprint density at radius 2 is 2.33 bits per heavy atom. The van der Waals surface area contributed by atoms with Crippen LogP contribution >= 0.6 is 0 Å². The van der Waals surface area contributed by atoms with Gasteiger partial charge in [-0.2, -0.15) is 0 Å². The quantitative estimate of drug-likeness (QED) is 0.455. The summed E-state index contributed by atoms with van der Waals surface area (Å²) >= 11 is 0. The van der Waals surface area contributed by atoms with Gasteiger partial charge in [-0.05, 0) is 13.0 Å². The van der Waals surface area contributed by atoms with Crippen molar-refractivity contribution in [2.24, 2.45) is 0 Å². The summed E-state index contributed by atoms with van der Waals surface area (Å²) in [5, 5.41) is 8.90. The fourth-order valence-corrected chi connectivity index (χ4v) is 0.494. The summed E-state index contributed by atoms with van der Waals surface area (Å²) in [6.07, 6.45) is 2.66. The second kappa shape index (κ2) is 4.15. The summed E-state index contributed by atoms with van der Waals surface area (Å²) in [5.74, 6) is 0.532. The summed E-state index contributed by atoms with van der Waals surface area (Å²) in [4.78, 5) is 0. The van der Waals surface area contributed by atoms with E-state index in [1.807, 2.05) is 0 Å². The summed E-state index contributed by atoms with van der Waals surface area (Å²) < 4.78 is 4.79. The van der Waals surface area contributed by atoms with E-state index in [4.69, 9.17) is 9.84 Å². The van der Waals surface area contributed by atoms with Crippen molar-refractivity contribution in [3.05, 3.63) is 24.5 Å². The predicted octanol–water partition coefficient (Wildman–Crippen LogP) is 1.08. The third kappa shape index (κ3) is 2.93. The zero-order chi connectivity index (χ0) is 7.28. The van der Waals surface area contributed by atoms with Crippen molar-refractivity contribution in [2.45, 2.75) is 13.0 Å². The van der Waals surface area contributed by atoms with Gasteiger partial charge in [-0.1, -0.05) is 12.7 Å². The van der Waals surface area contributed by atoms with Crippen LogP contribution in [0.2, 0.25) is 0 Å². The highest BCUT2D eigenvalue weighted by Crippen LogP contribution is 2.00. The van der Waals surface area contributed by atoms with Crippen LogP contribution in [0.3, 0.4) is 0 Å². The second-order valence-corrected chi connectivity index (χ2v) is 1.68. The molecule has 0 rings (SSSR count). The average Bonchev–Trinajstić information content (AvgIpc) is 1.82. The number of rotatable bonds is 3. The molecule has 1 atom stereocenters. The molecule has 0 aliphatic rings. The molecule has 0 aliphatic carbocycles. The van der Waals surface area contributed by atoms with Crippen LogP contribution in [0, 0.1) is 0 Å². The molecule has 0 amide bonds. The number of ether oxygens (including phenoxy) is 1. The fourth-order valence-electron chi connectivity index (χ4n) is 0.494. The van der Waals surface area contributed by atoms with Gasteiger partial charge in [0.1, 0.15) is 11.9 Å². The maximum absolute atomic E-state index is 8.90. The molecule has 0 radical (unpaired) electrons. The normalized spacial score (nSPS) is 14.8. The number of hydrogen-bond donors (Lipinski definition) is 1. The van der Waals surface area contributed by atoms with Crippen LogP contribution in [0.15, 0.2) is 24.5 Å². The van der Waals surface area contributed by atoms with E-state index in [9.17, 15) is 0 Å². The number of aliphatic hydroxyl groups excluding tert-OH is 1. The van der Waals surface area contributed by atoms with Gasteiger partial charge in [-0.25, -0.2) is 0 Å². The first kappa shape index (κ1) is 8.24. The Kier molecular flexibility index (Phi) is 3.80. The third-order valence-electron chi connectivity index (χ3n) is 0.930. The summed E-state index contributed by atoms with van der Waals surface area (Å²) in [5.41, 5.74) is 0. The molecular formula is C7H12O2. The zero-order valence-corrected chi connectivity index (χ0v) is 5.79. The van der Waals surface area contributed by atoms with Crippen LogP contribution in [0.25, 0.3) is 0 Å². The Bertz CT molecular complexity index is 114. The molecule has 9 heavy (non-hydrogen) atoms. The predicted molar refractivity (Wildman–Crippen MR) is 37.0 cm³/mol. The Morgan fingerprint density at radius 1 is 1.78 bits per heavy atom. The molecule has 0 aromatic rings. The van der Waals surface area contributed by atoms with Gasteiger partial charge in [0.25, 0.3) is 0 Å². The largest absolute Gasteiger partial charge is 0.498 e. The van der Waals surface area contributed by atoms with Gasteiger partial charge in [0.05, 0.1) is 7.11 Å². The van der Waals surface area contributed by atoms with Crippen LogP contribution in [0.4, 0.5) is 0 Å². The van der Waals surface area contributed by atoms with Crippen LogP contribution in [-0.4, -0.2) is 18.3 Å². The molecule has 2 heteroatoms. The lowest BCUT2D eigenvalue weighted by atomic mass is 10.3. The van der Waals surface area contributed by atoms with E-state index in [-0.39, 0.29) is 0 Å². The molecule has 1 N–H and O–H groups in total. The highest BCUT2D eigenvalue weighted by atomic mass is 16.5.